The Morgan fingerprint density at radius 1 is 1.04 bits per heavy atom. The second-order valence-electron chi connectivity index (χ2n) is 7.31. The predicted molar refractivity (Wildman–Crippen MR) is 112 cm³/mol. The van der Waals surface area contributed by atoms with E-state index < -0.39 is 0 Å². The van der Waals surface area contributed by atoms with E-state index in [0.29, 0.717) is 19.0 Å². The highest BCUT2D eigenvalue weighted by atomic mass is 35.5. The molecular formula is C20H31ClN4O2. The van der Waals surface area contributed by atoms with Crippen LogP contribution in [0.3, 0.4) is 0 Å². The van der Waals surface area contributed by atoms with E-state index in [4.69, 9.17) is 0 Å². The molecular weight excluding hydrogens is 364 g/mol. The van der Waals surface area contributed by atoms with Crippen LogP contribution in [0.1, 0.15) is 56.9 Å². The van der Waals surface area contributed by atoms with Crippen molar-refractivity contribution in [3.8, 4) is 0 Å². The van der Waals surface area contributed by atoms with Gasteiger partial charge in [-0.25, -0.2) is 4.79 Å². The maximum absolute atomic E-state index is 12.0. The van der Waals surface area contributed by atoms with Crippen molar-refractivity contribution >= 4 is 29.3 Å². The van der Waals surface area contributed by atoms with Gasteiger partial charge in [0.1, 0.15) is 0 Å². The van der Waals surface area contributed by atoms with Crippen LogP contribution in [0.2, 0.25) is 0 Å². The first-order chi connectivity index (χ1) is 12.7. The number of carbonyl (C=O) groups is 1. The van der Waals surface area contributed by atoms with Gasteiger partial charge in [0.25, 0.3) is 0 Å². The summed E-state index contributed by atoms with van der Waals surface area (Å²) in [6.45, 7) is 1.56. The number of benzene rings is 1. The Balaban J connectivity index is 0.00000261. The fourth-order valence-electron chi connectivity index (χ4n) is 3.74. The minimum Gasteiger partial charge on any atom is -0.355 e. The van der Waals surface area contributed by atoms with Crippen LogP contribution in [0.15, 0.2) is 23.0 Å². The molecule has 0 radical (unpaired) electrons. The average molecular weight is 395 g/mol. The van der Waals surface area contributed by atoms with Crippen molar-refractivity contribution in [1.82, 2.24) is 20.6 Å². The van der Waals surface area contributed by atoms with Crippen LogP contribution in [0.4, 0.5) is 0 Å². The van der Waals surface area contributed by atoms with Gasteiger partial charge in [0.05, 0.1) is 11.0 Å². The highest BCUT2D eigenvalue weighted by Gasteiger charge is 2.11. The Labute approximate surface area is 166 Å². The van der Waals surface area contributed by atoms with Gasteiger partial charge in [0, 0.05) is 25.6 Å². The fourth-order valence-corrected chi connectivity index (χ4v) is 3.74. The third kappa shape index (κ3) is 7.03. The van der Waals surface area contributed by atoms with Gasteiger partial charge in [-0.1, -0.05) is 31.7 Å². The number of aryl methyl sites for hydroxylation is 1. The highest BCUT2D eigenvalue weighted by Crippen LogP contribution is 2.16. The van der Waals surface area contributed by atoms with E-state index in [1.807, 2.05) is 18.2 Å². The zero-order valence-corrected chi connectivity index (χ0v) is 16.6. The summed E-state index contributed by atoms with van der Waals surface area (Å²) in [5.41, 5.74) is 2.59. The zero-order valence-electron chi connectivity index (χ0n) is 15.8. The summed E-state index contributed by atoms with van der Waals surface area (Å²) in [7, 11) is 0. The topological polar surface area (TPSA) is 89.8 Å². The van der Waals surface area contributed by atoms with Gasteiger partial charge in [0.15, 0.2) is 0 Å². The molecule has 7 heteroatoms. The third-order valence-electron chi connectivity index (χ3n) is 5.19. The van der Waals surface area contributed by atoms with Crippen LogP contribution in [0.5, 0.6) is 0 Å². The second kappa shape index (κ2) is 11.1. The van der Waals surface area contributed by atoms with Crippen molar-refractivity contribution in [2.75, 3.05) is 13.1 Å². The Kier molecular flexibility index (Phi) is 8.88. The van der Waals surface area contributed by atoms with Crippen molar-refractivity contribution in [2.24, 2.45) is 0 Å². The largest absolute Gasteiger partial charge is 0.355 e. The van der Waals surface area contributed by atoms with E-state index in [2.05, 4.69) is 20.6 Å². The molecule has 6 nitrogen and oxygen atoms in total. The number of aromatic nitrogens is 2. The molecule has 1 aromatic heterocycles. The molecule has 1 saturated carbocycles. The van der Waals surface area contributed by atoms with Gasteiger partial charge >= 0.3 is 5.69 Å². The van der Waals surface area contributed by atoms with E-state index in [1.165, 1.54) is 38.5 Å². The smallest absolute Gasteiger partial charge is 0.323 e. The lowest BCUT2D eigenvalue weighted by molar-refractivity contribution is -0.121. The average Bonchev–Trinajstić information content (AvgIpc) is 2.81. The van der Waals surface area contributed by atoms with E-state index in [-0.39, 0.29) is 24.0 Å². The number of rotatable bonds is 8. The van der Waals surface area contributed by atoms with Crippen LogP contribution in [-0.4, -0.2) is 35.0 Å². The lowest BCUT2D eigenvalue weighted by Gasteiger charge is -2.16. The Hall–Kier alpha value is -1.79. The first-order valence-electron chi connectivity index (χ1n) is 9.92. The molecule has 1 heterocycles. The van der Waals surface area contributed by atoms with Crippen LogP contribution < -0.4 is 16.3 Å². The van der Waals surface area contributed by atoms with Gasteiger partial charge < -0.3 is 20.6 Å². The first kappa shape index (κ1) is 21.5. The lowest BCUT2D eigenvalue weighted by Crippen LogP contribution is -2.36. The summed E-state index contributed by atoms with van der Waals surface area (Å²) in [5, 5.41) is 6.57. The van der Waals surface area contributed by atoms with Crippen molar-refractivity contribution < 1.29 is 4.79 Å². The molecule has 0 saturated heterocycles. The number of hydrogen-bond donors (Lipinski definition) is 4. The quantitative estimate of drug-likeness (QED) is 0.409. The minimum atomic E-state index is -0.186. The summed E-state index contributed by atoms with van der Waals surface area (Å²) in [6, 6.07) is 6.51. The predicted octanol–water partition coefficient (Wildman–Crippen LogP) is 3.03. The zero-order chi connectivity index (χ0) is 18.2. The number of imidazole rings is 1. The van der Waals surface area contributed by atoms with E-state index >= 15 is 0 Å². The molecule has 1 amide bonds. The molecule has 27 heavy (non-hydrogen) atoms. The molecule has 1 aromatic carbocycles. The van der Waals surface area contributed by atoms with E-state index in [1.54, 1.807) is 0 Å². The van der Waals surface area contributed by atoms with Crippen molar-refractivity contribution in [1.29, 1.82) is 0 Å². The molecule has 0 atom stereocenters. The molecule has 1 fully saturated rings. The number of nitrogens with one attached hydrogen (secondary N) is 4. The molecule has 0 aliphatic heterocycles. The lowest BCUT2D eigenvalue weighted by atomic mass is 10.1. The fraction of sp³-hybridized carbons (Fsp3) is 0.600. The normalized spacial score (nSPS) is 15.3. The third-order valence-corrected chi connectivity index (χ3v) is 5.19. The summed E-state index contributed by atoms with van der Waals surface area (Å²) >= 11 is 0. The number of amides is 1. The molecule has 3 rings (SSSR count). The van der Waals surface area contributed by atoms with Crippen molar-refractivity contribution in [3.63, 3.8) is 0 Å². The molecule has 1 aliphatic carbocycles. The molecule has 0 spiro atoms. The summed E-state index contributed by atoms with van der Waals surface area (Å²) in [6.07, 6.45) is 10.1. The van der Waals surface area contributed by atoms with Crippen LogP contribution >= 0.6 is 12.4 Å². The van der Waals surface area contributed by atoms with Crippen molar-refractivity contribution in [2.45, 2.75) is 63.8 Å². The summed E-state index contributed by atoms with van der Waals surface area (Å²) in [5.74, 6) is 0.115. The molecule has 1 aliphatic rings. The number of halogens is 1. The van der Waals surface area contributed by atoms with Crippen molar-refractivity contribution in [3.05, 3.63) is 34.2 Å². The molecule has 150 valence electrons. The second-order valence-corrected chi connectivity index (χ2v) is 7.31. The maximum Gasteiger partial charge on any atom is 0.323 e. The number of H-pyrrole nitrogens is 2. The van der Waals surface area contributed by atoms with Gasteiger partial charge in [-0.15, -0.1) is 12.4 Å². The maximum atomic E-state index is 12.0. The molecule has 4 N–H and O–H groups in total. The van der Waals surface area contributed by atoms with E-state index in [9.17, 15) is 9.59 Å². The standard InChI is InChI=1S/C20H30N4O2.ClH/c25-19(22-13-12-21-16-7-3-1-2-4-8-16)9-5-6-15-10-11-17-18(14-15)24-20(26)23-17;/h10-11,14,16,21H,1-9,12-13H2,(H,22,25)(H2,23,24,26);1H. The van der Waals surface area contributed by atoms with Crippen LogP contribution in [0.25, 0.3) is 11.0 Å². The number of aromatic amines is 2. The first-order valence-corrected chi connectivity index (χ1v) is 9.92. The summed E-state index contributed by atoms with van der Waals surface area (Å²) in [4.78, 5) is 28.7. The van der Waals surface area contributed by atoms with Gasteiger partial charge in [0.2, 0.25) is 5.91 Å². The Morgan fingerprint density at radius 3 is 2.56 bits per heavy atom. The Morgan fingerprint density at radius 2 is 1.78 bits per heavy atom. The van der Waals surface area contributed by atoms with Gasteiger partial charge in [-0.3, -0.25) is 4.79 Å². The Bertz CT molecular complexity index is 763. The molecule has 2 aromatic rings. The van der Waals surface area contributed by atoms with Crippen LogP contribution in [-0.2, 0) is 11.2 Å². The molecule has 0 unspecified atom stereocenters. The van der Waals surface area contributed by atoms with Crippen LogP contribution in [0, 0.1) is 0 Å². The highest BCUT2D eigenvalue weighted by molar-refractivity contribution is 5.85. The van der Waals surface area contributed by atoms with Gasteiger partial charge in [-0.2, -0.15) is 0 Å². The number of carbonyl (C=O) groups excluding carboxylic acids is 1. The number of fused-ring (bicyclic) bond motifs is 1. The van der Waals surface area contributed by atoms with E-state index in [0.717, 1.165) is 36.0 Å². The monoisotopic (exact) mass is 394 g/mol. The SMILES string of the molecule is Cl.O=C(CCCc1ccc2[nH]c(=O)[nH]c2c1)NCCNC1CCCCCC1. The minimum absolute atomic E-state index is 0. The number of hydrogen-bond acceptors (Lipinski definition) is 3. The molecule has 0 bridgehead atoms. The summed E-state index contributed by atoms with van der Waals surface area (Å²) < 4.78 is 0. The van der Waals surface area contributed by atoms with Gasteiger partial charge in [-0.05, 0) is 43.4 Å².